The van der Waals surface area contributed by atoms with Crippen LogP contribution in [0.4, 0.5) is 0 Å². The molecule has 0 radical (unpaired) electrons. The minimum Gasteiger partial charge on any atom is -0.481 e. The number of carboxylic acid groups (broad SMARTS) is 1. The molecule has 1 N–H and O–H groups in total. The van der Waals surface area contributed by atoms with Crippen LogP contribution in [0.1, 0.15) is 52.4 Å². The number of rotatable bonds is 10. The average Bonchev–Trinajstić information content (AvgIpc) is 2.19. The lowest BCUT2D eigenvalue weighted by molar-refractivity contribution is -0.138. The maximum Gasteiger partial charge on any atom is 0.303 e. The van der Waals surface area contributed by atoms with E-state index in [4.69, 9.17) is 9.84 Å². The number of hydrogen-bond donors (Lipinski definition) is 1. The van der Waals surface area contributed by atoms with E-state index in [1.54, 1.807) is 0 Å². The van der Waals surface area contributed by atoms with Crippen LogP contribution in [0.25, 0.3) is 0 Å². The lowest BCUT2D eigenvalue weighted by Crippen LogP contribution is -2.05. The zero-order valence-electron chi connectivity index (χ0n) is 10.2. The highest BCUT2D eigenvalue weighted by Crippen LogP contribution is 2.05. The Morgan fingerprint density at radius 1 is 1.06 bits per heavy atom. The predicted molar refractivity (Wildman–Crippen MR) is 61.4 cm³/mol. The molecule has 16 heavy (non-hydrogen) atoms. The van der Waals surface area contributed by atoms with Crippen LogP contribution in [0.15, 0.2) is 0 Å². The molecular formula is C12H22O4. The fourth-order valence-corrected chi connectivity index (χ4v) is 1.29. The van der Waals surface area contributed by atoms with Crippen molar-refractivity contribution in [1.82, 2.24) is 0 Å². The second-order valence-corrected chi connectivity index (χ2v) is 4.16. The fourth-order valence-electron chi connectivity index (χ4n) is 1.29. The van der Waals surface area contributed by atoms with Crippen molar-refractivity contribution in [2.75, 3.05) is 6.61 Å². The van der Waals surface area contributed by atoms with Crippen LogP contribution in [0, 0.1) is 0 Å². The molecule has 94 valence electrons. The van der Waals surface area contributed by atoms with Gasteiger partial charge in [-0.2, -0.15) is 0 Å². The Kier molecular flexibility index (Phi) is 8.81. The molecule has 0 amide bonds. The number of carbonyl (C=O) groups is 2. The van der Waals surface area contributed by atoms with Crippen molar-refractivity contribution in [1.29, 1.82) is 0 Å². The van der Waals surface area contributed by atoms with Crippen LogP contribution in [-0.2, 0) is 14.3 Å². The first-order valence-corrected chi connectivity index (χ1v) is 5.87. The van der Waals surface area contributed by atoms with Crippen molar-refractivity contribution in [3.63, 3.8) is 0 Å². The first kappa shape index (κ1) is 15.1. The summed E-state index contributed by atoms with van der Waals surface area (Å²) in [7, 11) is 0. The van der Waals surface area contributed by atoms with Crippen molar-refractivity contribution < 1.29 is 19.4 Å². The van der Waals surface area contributed by atoms with Gasteiger partial charge in [0.15, 0.2) is 0 Å². The number of Topliss-reactive ketones (excluding diaryl/α,β-unsaturated/α-hetero) is 1. The summed E-state index contributed by atoms with van der Waals surface area (Å²) in [6.45, 7) is 4.73. The van der Waals surface area contributed by atoms with Gasteiger partial charge < -0.3 is 9.84 Å². The summed E-state index contributed by atoms with van der Waals surface area (Å²) >= 11 is 0. The Balaban J connectivity index is 3.24. The smallest absolute Gasteiger partial charge is 0.303 e. The van der Waals surface area contributed by atoms with Gasteiger partial charge in [0.2, 0.25) is 0 Å². The van der Waals surface area contributed by atoms with Gasteiger partial charge in [0, 0.05) is 19.4 Å². The molecule has 0 aliphatic heterocycles. The van der Waals surface area contributed by atoms with Crippen molar-refractivity contribution >= 4 is 11.8 Å². The Morgan fingerprint density at radius 2 is 1.75 bits per heavy atom. The van der Waals surface area contributed by atoms with E-state index in [9.17, 15) is 9.59 Å². The number of carbonyl (C=O) groups excluding carboxylic acids is 1. The van der Waals surface area contributed by atoms with Crippen LogP contribution in [0.5, 0.6) is 0 Å². The number of hydrogen-bond acceptors (Lipinski definition) is 3. The van der Waals surface area contributed by atoms with Crippen LogP contribution < -0.4 is 0 Å². The summed E-state index contributed by atoms with van der Waals surface area (Å²) in [6.07, 6.45) is 3.63. The van der Waals surface area contributed by atoms with E-state index in [2.05, 4.69) is 0 Å². The van der Waals surface area contributed by atoms with Crippen LogP contribution in [-0.4, -0.2) is 29.6 Å². The Bertz CT molecular complexity index is 211. The molecule has 0 fully saturated rings. The quantitative estimate of drug-likeness (QED) is 0.585. The number of aliphatic carboxylic acids is 1. The maximum absolute atomic E-state index is 11.2. The summed E-state index contributed by atoms with van der Waals surface area (Å²) in [5.74, 6) is -0.856. The van der Waals surface area contributed by atoms with Crippen LogP contribution in [0.2, 0.25) is 0 Å². The summed E-state index contributed by atoms with van der Waals surface area (Å²) < 4.78 is 5.37. The van der Waals surface area contributed by atoms with Gasteiger partial charge in [-0.25, -0.2) is 0 Å². The molecule has 0 rings (SSSR count). The molecule has 0 heterocycles. The Morgan fingerprint density at radius 3 is 2.31 bits per heavy atom. The average molecular weight is 230 g/mol. The van der Waals surface area contributed by atoms with Crippen molar-refractivity contribution in [2.24, 2.45) is 0 Å². The fraction of sp³-hybridized carbons (Fsp3) is 0.833. The lowest BCUT2D eigenvalue weighted by Gasteiger charge is -2.06. The van der Waals surface area contributed by atoms with E-state index in [1.165, 1.54) is 0 Å². The minimum atomic E-state index is -0.904. The van der Waals surface area contributed by atoms with Crippen LogP contribution in [0.3, 0.4) is 0 Å². The highest BCUT2D eigenvalue weighted by atomic mass is 16.5. The number of carboxylic acids is 1. The SMILES string of the molecule is CC(C)OCCCCCC(=O)CCC(=O)O. The molecule has 0 unspecified atom stereocenters. The molecule has 0 atom stereocenters. The van der Waals surface area contributed by atoms with Gasteiger partial charge in [0.05, 0.1) is 12.5 Å². The largest absolute Gasteiger partial charge is 0.481 e. The molecule has 4 nitrogen and oxygen atoms in total. The normalized spacial score (nSPS) is 10.7. The zero-order chi connectivity index (χ0) is 12.4. The van der Waals surface area contributed by atoms with Crippen molar-refractivity contribution in [3.05, 3.63) is 0 Å². The highest BCUT2D eigenvalue weighted by molar-refractivity contribution is 5.82. The second kappa shape index (κ2) is 9.33. The van der Waals surface area contributed by atoms with Gasteiger partial charge in [-0.1, -0.05) is 6.42 Å². The monoisotopic (exact) mass is 230 g/mol. The van der Waals surface area contributed by atoms with Gasteiger partial charge in [-0.05, 0) is 26.7 Å². The van der Waals surface area contributed by atoms with E-state index in [-0.39, 0.29) is 24.7 Å². The molecule has 0 saturated carbocycles. The Hall–Kier alpha value is -0.900. The Labute approximate surface area is 97.0 Å². The third kappa shape index (κ3) is 11.2. The first-order valence-electron chi connectivity index (χ1n) is 5.87. The van der Waals surface area contributed by atoms with Gasteiger partial charge in [-0.15, -0.1) is 0 Å². The third-order valence-corrected chi connectivity index (χ3v) is 2.17. The molecule has 0 aromatic carbocycles. The van der Waals surface area contributed by atoms with E-state index in [0.717, 1.165) is 25.9 Å². The molecule has 0 aliphatic rings. The van der Waals surface area contributed by atoms with E-state index >= 15 is 0 Å². The van der Waals surface area contributed by atoms with Crippen molar-refractivity contribution in [2.45, 2.75) is 58.5 Å². The summed E-state index contributed by atoms with van der Waals surface area (Å²) in [5, 5.41) is 8.39. The van der Waals surface area contributed by atoms with E-state index < -0.39 is 5.97 Å². The predicted octanol–water partition coefficient (Wildman–Crippen LogP) is 2.41. The van der Waals surface area contributed by atoms with Crippen LogP contribution >= 0.6 is 0 Å². The second-order valence-electron chi connectivity index (χ2n) is 4.16. The molecule has 0 bridgehead atoms. The summed E-state index contributed by atoms with van der Waals surface area (Å²) in [5.41, 5.74) is 0. The minimum absolute atomic E-state index is 0.0463. The molecule has 4 heteroatoms. The van der Waals surface area contributed by atoms with E-state index in [1.807, 2.05) is 13.8 Å². The maximum atomic E-state index is 11.2. The number of ketones is 1. The zero-order valence-corrected chi connectivity index (χ0v) is 10.2. The third-order valence-electron chi connectivity index (χ3n) is 2.17. The number of ether oxygens (including phenoxy) is 1. The standard InChI is InChI=1S/C12H22O4/c1-10(2)16-9-5-3-4-6-11(13)7-8-12(14)15/h10H,3-9H2,1-2H3,(H,14,15). The molecular weight excluding hydrogens is 208 g/mol. The van der Waals surface area contributed by atoms with Gasteiger partial charge in [0.25, 0.3) is 0 Å². The summed E-state index contributed by atoms with van der Waals surface area (Å²) in [4.78, 5) is 21.4. The van der Waals surface area contributed by atoms with Gasteiger partial charge >= 0.3 is 5.97 Å². The van der Waals surface area contributed by atoms with Gasteiger partial charge in [0.1, 0.15) is 5.78 Å². The molecule has 0 aromatic rings. The summed E-state index contributed by atoms with van der Waals surface area (Å²) in [6, 6.07) is 0. The molecule has 0 spiro atoms. The molecule has 0 saturated heterocycles. The van der Waals surface area contributed by atoms with Gasteiger partial charge in [-0.3, -0.25) is 9.59 Å². The molecule has 0 aromatic heterocycles. The highest BCUT2D eigenvalue weighted by Gasteiger charge is 2.05. The first-order chi connectivity index (χ1) is 7.52. The lowest BCUT2D eigenvalue weighted by atomic mass is 10.1. The van der Waals surface area contributed by atoms with Crippen molar-refractivity contribution in [3.8, 4) is 0 Å². The number of unbranched alkanes of at least 4 members (excludes halogenated alkanes) is 2. The van der Waals surface area contributed by atoms with E-state index in [0.29, 0.717) is 6.42 Å². The molecule has 0 aliphatic carbocycles. The topological polar surface area (TPSA) is 63.6 Å².